The smallest absolute Gasteiger partial charge is 0.253 e. The van der Waals surface area contributed by atoms with Crippen molar-refractivity contribution in [1.29, 1.82) is 0 Å². The molecule has 0 radical (unpaired) electrons. The van der Waals surface area contributed by atoms with Crippen molar-refractivity contribution in [2.45, 2.75) is 38.1 Å². The van der Waals surface area contributed by atoms with Gasteiger partial charge in [0.25, 0.3) is 5.91 Å². The van der Waals surface area contributed by atoms with Crippen LogP contribution in [0.15, 0.2) is 59.8 Å². The number of nitrogens with one attached hydrogen (secondary N) is 1. The molecule has 2 aromatic carbocycles. The summed E-state index contributed by atoms with van der Waals surface area (Å²) >= 11 is 6.28. The van der Waals surface area contributed by atoms with Gasteiger partial charge in [0, 0.05) is 32.0 Å². The predicted octanol–water partition coefficient (Wildman–Crippen LogP) is 4.18. The monoisotopic (exact) mass is 486 g/mol. The van der Waals surface area contributed by atoms with Gasteiger partial charge < -0.3 is 9.88 Å². The van der Waals surface area contributed by atoms with Crippen LogP contribution in [0.3, 0.4) is 0 Å². The van der Waals surface area contributed by atoms with Crippen molar-refractivity contribution in [1.82, 2.24) is 19.2 Å². The van der Waals surface area contributed by atoms with E-state index in [9.17, 15) is 13.2 Å². The minimum absolute atomic E-state index is 0.0843. The highest BCUT2D eigenvalue weighted by molar-refractivity contribution is 7.89. The van der Waals surface area contributed by atoms with Gasteiger partial charge in [-0.25, -0.2) is 13.4 Å². The molecule has 33 heavy (non-hydrogen) atoms. The first-order valence-corrected chi connectivity index (χ1v) is 12.8. The molecular weight excluding hydrogens is 460 g/mol. The SMILES string of the molecule is Cc1nccn1-c1ccccc1CNC(=O)c1cc(S(=O)(=O)N2CCC(C)CC2)ccc1Cl. The van der Waals surface area contributed by atoms with Crippen LogP contribution in [0, 0.1) is 12.8 Å². The molecule has 9 heteroatoms. The van der Waals surface area contributed by atoms with E-state index in [1.165, 1.54) is 22.5 Å². The van der Waals surface area contributed by atoms with Gasteiger partial charge in [-0.1, -0.05) is 36.7 Å². The number of piperidine rings is 1. The number of para-hydroxylation sites is 1. The van der Waals surface area contributed by atoms with Crippen LogP contribution in [0.1, 0.15) is 41.5 Å². The van der Waals surface area contributed by atoms with Gasteiger partial charge in [-0.3, -0.25) is 4.79 Å². The first-order valence-electron chi connectivity index (χ1n) is 10.9. The minimum Gasteiger partial charge on any atom is -0.348 e. The van der Waals surface area contributed by atoms with E-state index in [0.717, 1.165) is 29.9 Å². The summed E-state index contributed by atoms with van der Waals surface area (Å²) in [6, 6.07) is 12.0. The first kappa shape index (κ1) is 23.5. The van der Waals surface area contributed by atoms with Gasteiger partial charge in [0.05, 0.1) is 21.2 Å². The summed E-state index contributed by atoms with van der Waals surface area (Å²) in [4.78, 5) is 17.3. The zero-order valence-electron chi connectivity index (χ0n) is 18.7. The van der Waals surface area contributed by atoms with Crippen LogP contribution in [-0.4, -0.2) is 41.3 Å². The lowest BCUT2D eigenvalue weighted by atomic mass is 10.0. The van der Waals surface area contributed by atoms with Crippen LogP contribution < -0.4 is 5.32 Å². The highest BCUT2D eigenvalue weighted by Gasteiger charge is 2.29. The molecule has 7 nitrogen and oxygen atoms in total. The molecule has 3 aromatic rings. The third kappa shape index (κ3) is 4.98. The van der Waals surface area contributed by atoms with Crippen LogP contribution in [0.5, 0.6) is 0 Å². The maximum Gasteiger partial charge on any atom is 0.253 e. The number of carbonyl (C=O) groups excluding carboxylic acids is 1. The van der Waals surface area contributed by atoms with Crippen molar-refractivity contribution in [3.63, 3.8) is 0 Å². The number of sulfonamides is 1. The van der Waals surface area contributed by atoms with Crippen molar-refractivity contribution in [3.05, 3.63) is 76.8 Å². The molecular formula is C24H27ClN4O3S. The molecule has 0 bridgehead atoms. The number of hydrogen-bond donors (Lipinski definition) is 1. The highest BCUT2D eigenvalue weighted by Crippen LogP contribution is 2.27. The lowest BCUT2D eigenvalue weighted by molar-refractivity contribution is 0.0951. The summed E-state index contributed by atoms with van der Waals surface area (Å²) in [5.74, 6) is 0.917. The Labute approximate surface area is 199 Å². The summed E-state index contributed by atoms with van der Waals surface area (Å²) in [6.45, 7) is 5.26. The molecule has 0 aliphatic carbocycles. The second kappa shape index (κ2) is 9.67. The Hall–Kier alpha value is -2.68. The molecule has 0 spiro atoms. The average Bonchev–Trinajstić information content (AvgIpc) is 3.23. The molecule has 2 heterocycles. The fourth-order valence-electron chi connectivity index (χ4n) is 4.01. The molecule has 1 fully saturated rings. The van der Waals surface area contributed by atoms with Crippen LogP contribution in [0.25, 0.3) is 5.69 Å². The molecule has 174 valence electrons. The summed E-state index contributed by atoms with van der Waals surface area (Å²) in [6.07, 6.45) is 5.24. The number of carbonyl (C=O) groups is 1. The molecule has 4 rings (SSSR count). The van der Waals surface area contributed by atoms with Crippen molar-refractivity contribution in [2.75, 3.05) is 13.1 Å². The van der Waals surface area contributed by atoms with Crippen molar-refractivity contribution in [2.24, 2.45) is 5.92 Å². The van der Waals surface area contributed by atoms with E-state index in [0.29, 0.717) is 19.0 Å². The van der Waals surface area contributed by atoms with Crippen LogP contribution >= 0.6 is 11.6 Å². The minimum atomic E-state index is -3.68. The van der Waals surface area contributed by atoms with E-state index >= 15 is 0 Å². The molecule has 0 unspecified atom stereocenters. The summed E-state index contributed by atoms with van der Waals surface area (Å²) < 4.78 is 29.7. The third-order valence-electron chi connectivity index (χ3n) is 6.08. The van der Waals surface area contributed by atoms with E-state index in [1.807, 2.05) is 42.0 Å². The summed E-state index contributed by atoms with van der Waals surface area (Å²) in [5, 5.41) is 3.08. The zero-order chi connectivity index (χ0) is 23.6. The van der Waals surface area contributed by atoms with Gasteiger partial charge in [0.2, 0.25) is 10.0 Å². The number of hydrogen-bond acceptors (Lipinski definition) is 4. The van der Waals surface area contributed by atoms with E-state index in [-0.39, 0.29) is 22.0 Å². The van der Waals surface area contributed by atoms with Gasteiger partial charge in [-0.2, -0.15) is 4.31 Å². The largest absolute Gasteiger partial charge is 0.348 e. The number of halogens is 1. The molecule has 1 saturated heterocycles. The Balaban J connectivity index is 1.54. The van der Waals surface area contributed by atoms with Crippen molar-refractivity contribution in [3.8, 4) is 5.69 Å². The fourth-order valence-corrected chi connectivity index (χ4v) is 5.71. The second-order valence-corrected chi connectivity index (χ2v) is 10.7. The predicted molar refractivity (Wildman–Crippen MR) is 128 cm³/mol. The van der Waals surface area contributed by atoms with Gasteiger partial charge in [0.15, 0.2) is 0 Å². The zero-order valence-corrected chi connectivity index (χ0v) is 20.2. The number of rotatable bonds is 6. The van der Waals surface area contributed by atoms with E-state index in [1.54, 1.807) is 6.20 Å². The summed E-state index contributed by atoms with van der Waals surface area (Å²) in [7, 11) is -3.68. The van der Waals surface area contributed by atoms with Gasteiger partial charge >= 0.3 is 0 Å². The number of imidazole rings is 1. The Morgan fingerprint density at radius 3 is 2.61 bits per heavy atom. The third-order valence-corrected chi connectivity index (χ3v) is 8.30. The first-order chi connectivity index (χ1) is 15.8. The van der Waals surface area contributed by atoms with E-state index < -0.39 is 15.9 Å². The molecule has 0 atom stereocenters. The lowest BCUT2D eigenvalue weighted by Gasteiger charge is -2.29. The van der Waals surface area contributed by atoms with Crippen LogP contribution in [0.2, 0.25) is 5.02 Å². The van der Waals surface area contributed by atoms with Crippen molar-refractivity contribution < 1.29 is 13.2 Å². The maximum atomic E-state index is 13.1. The van der Waals surface area contributed by atoms with Crippen LogP contribution in [0.4, 0.5) is 0 Å². The fraction of sp³-hybridized carbons (Fsp3) is 0.333. The van der Waals surface area contributed by atoms with Gasteiger partial charge in [-0.05, 0) is 55.5 Å². The Bertz CT molecular complexity index is 1260. The molecule has 1 aliphatic heterocycles. The van der Waals surface area contributed by atoms with E-state index in [2.05, 4.69) is 17.2 Å². The Morgan fingerprint density at radius 2 is 1.91 bits per heavy atom. The van der Waals surface area contributed by atoms with Gasteiger partial charge in [-0.15, -0.1) is 0 Å². The van der Waals surface area contributed by atoms with Gasteiger partial charge in [0.1, 0.15) is 5.82 Å². The number of nitrogens with zero attached hydrogens (tertiary/aromatic N) is 3. The quantitative estimate of drug-likeness (QED) is 0.566. The lowest BCUT2D eigenvalue weighted by Crippen LogP contribution is -2.38. The number of amides is 1. The topological polar surface area (TPSA) is 84.3 Å². The normalized spacial score (nSPS) is 15.5. The number of aryl methyl sites for hydroxylation is 1. The molecule has 0 saturated carbocycles. The van der Waals surface area contributed by atoms with Crippen molar-refractivity contribution >= 4 is 27.5 Å². The molecule has 1 N–H and O–H groups in total. The molecule has 1 aliphatic rings. The Morgan fingerprint density at radius 1 is 1.18 bits per heavy atom. The summed E-state index contributed by atoms with van der Waals surface area (Å²) in [5.41, 5.74) is 1.95. The standard InChI is InChI=1S/C24H27ClN4O3S/c1-17-9-12-28(13-10-17)33(31,32)20-7-8-22(25)21(15-20)24(30)27-16-19-5-3-4-6-23(19)29-14-11-26-18(29)2/h3-8,11,14-15,17H,9-10,12-13,16H2,1-2H3,(H,27,30). The van der Waals surface area contributed by atoms with Crippen LogP contribution in [-0.2, 0) is 16.6 Å². The molecule has 1 aromatic heterocycles. The Kier molecular flexibility index (Phi) is 6.88. The highest BCUT2D eigenvalue weighted by atomic mass is 35.5. The average molecular weight is 487 g/mol. The maximum absolute atomic E-state index is 13.1. The molecule has 1 amide bonds. The second-order valence-electron chi connectivity index (χ2n) is 8.38. The van der Waals surface area contributed by atoms with E-state index in [4.69, 9.17) is 11.6 Å². The number of aromatic nitrogens is 2. The number of benzene rings is 2.